The molecule has 0 bridgehead atoms. The highest BCUT2D eigenvalue weighted by Crippen LogP contribution is 2.32. The maximum Gasteiger partial charge on any atom is 0.534 e. The van der Waals surface area contributed by atoms with E-state index in [1.807, 2.05) is 0 Å². The number of carbonyl (C=O) groups excluding carboxylic acids is 1. The van der Waals surface area contributed by atoms with Gasteiger partial charge in [0.2, 0.25) is 0 Å². The van der Waals surface area contributed by atoms with E-state index in [4.69, 9.17) is 0 Å². The van der Waals surface area contributed by atoms with Gasteiger partial charge in [-0.25, -0.2) is 0 Å². The number of hydrogen-bond donors (Lipinski definition) is 1. The van der Waals surface area contributed by atoms with Crippen molar-refractivity contribution < 1.29 is 35.7 Å². The molecular weight excluding hydrogens is 385 g/mol. The van der Waals surface area contributed by atoms with Crippen LogP contribution in [0.1, 0.15) is 25.3 Å². The maximum atomic E-state index is 12.5. The lowest BCUT2D eigenvalue weighted by molar-refractivity contribution is -0.118. The molecule has 0 saturated heterocycles. The molecule has 0 aliphatic heterocycles. The van der Waals surface area contributed by atoms with Crippen molar-refractivity contribution >= 4 is 15.9 Å². The number of alkyl halides is 3. The molecule has 27 heavy (non-hydrogen) atoms. The average molecular weight is 400 g/mol. The molecule has 0 aliphatic rings. The fourth-order valence-electron chi connectivity index (χ4n) is 2.27. The van der Waals surface area contributed by atoms with Crippen LogP contribution in [0, 0.1) is 12.1 Å². The second-order valence-electron chi connectivity index (χ2n) is 5.59. The van der Waals surface area contributed by atoms with Gasteiger partial charge in [0, 0.05) is 24.5 Å². The van der Waals surface area contributed by atoms with Crippen LogP contribution < -0.4 is 4.18 Å². The lowest BCUT2D eigenvalue weighted by atomic mass is 9.96. The van der Waals surface area contributed by atoms with Crippen molar-refractivity contribution in [2.24, 2.45) is 0 Å². The first-order chi connectivity index (χ1) is 12.5. The number of Topliss-reactive ketones (excluding diaryl/α,β-unsaturated/α-hetero) is 1. The molecule has 2 rings (SSSR count). The zero-order valence-corrected chi connectivity index (χ0v) is 14.9. The molecule has 0 amide bonds. The van der Waals surface area contributed by atoms with Gasteiger partial charge in [-0.15, -0.1) is 0 Å². The standard InChI is InChI=1S/C18H15F3O5S/c1-2-14(22)7-6-13-11-16(26-27(24,25)18(19,20)21)8-9-17(13)12-4-3-5-15(23)10-12/h5,8-11,23H,2,6-7H2,1H3. The maximum absolute atomic E-state index is 12.5. The molecular formula is C18H15F3O5S. The molecule has 2 aromatic rings. The fourth-order valence-corrected chi connectivity index (χ4v) is 2.73. The lowest BCUT2D eigenvalue weighted by Gasteiger charge is -2.13. The molecule has 0 aromatic heterocycles. The highest BCUT2D eigenvalue weighted by Gasteiger charge is 2.48. The zero-order chi connectivity index (χ0) is 20.2. The number of hydrogen-bond acceptors (Lipinski definition) is 5. The lowest BCUT2D eigenvalue weighted by Crippen LogP contribution is -2.28. The summed E-state index contributed by atoms with van der Waals surface area (Å²) in [4.78, 5) is 11.6. The van der Waals surface area contributed by atoms with Gasteiger partial charge in [0.1, 0.15) is 17.3 Å². The summed E-state index contributed by atoms with van der Waals surface area (Å²) in [5.74, 6) is -0.694. The van der Waals surface area contributed by atoms with Gasteiger partial charge >= 0.3 is 15.6 Å². The van der Waals surface area contributed by atoms with E-state index >= 15 is 0 Å². The summed E-state index contributed by atoms with van der Waals surface area (Å²) in [7, 11) is -5.81. The summed E-state index contributed by atoms with van der Waals surface area (Å²) in [5, 5.41) is 9.58. The molecule has 0 saturated carbocycles. The molecule has 0 heterocycles. The molecule has 2 aromatic carbocycles. The van der Waals surface area contributed by atoms with Gasteiger partial charge in [-0.05, 0) is 41.8 Å². The summed E-state index contributed by atoms with van der Waals surface area (Å²) in [6.07, 6.45) is 0.552. The van der Waals surface area contributed by atoms with Crippen LogP contribution in [-0.4, -0.2) is 24.8 Å². The van der Waals surface area contributed by atoms with Gasteiger partial charge in [0.15, 0.2) is 0 Å². The van der Waals surface area contributed by atoms with E-state index in [1.165, 1.54) is 18.2 Å². The van der Waals surface area contributed by atoms with Crippen LogP contribution in [0.2, 0.25) is 0 Å². The van der Waals surface area contributed by atoms with Crippen LogP contribution in [-0.2, 0) is 21.3 Å². The predicted octanol–water partition coefficient (Wildman–Crippen LogP) is 3.80. The Morgan fingerprint density at radius 2 is 1.96 bits per heavy atom. The largest absolute Gasteiger partial charge is 0.534 e. The first-order valence-corrected chi connectivity index (χ1v) is 9.22. The quantitative estimate of drug-likeness (QED) is 0.565. The SMILES string of the molecule is CCC(=O)CCc1cc(OS(=O)(=O)C(F)(F)F)ccc1-c1c#ccc(O)c1. The van der Waals surface area contributed by atoms with Crippen LogP contribution >= 0.6 is 0 Å². The number of aryl methyl sites for hydroxylation is 1. The van der Waals surface area contributed by atoms with E-state index in [9.17, 15) is 31.5 Å². The highest BCUT2D eigenvalue weighted by molar-refractivity contribution is 7.88. The molecule has 5 nitrogen and oxygen atoms in total. The Balaban J connectivity index is 2.44. The minimum Gasteiger partial charge on any atom is -0.507 e. The van der Waals surface area contributed by atoms with Crippen LogP contribution in [0.25, 0.3) is 11.1 Å². The zero-order valence-electron chi connectivity index (χ0n) is 14.1. The summed E-state index contributed by atoms with van der Waals surface area (Å²) in [6.45, 7) is 1.68. The van der Waals surface area contributed by atoms with Crippen molar-refractivity contribution in [3.05, 3.63) is 48.0 Å². The summed E-state index contributed by atoms with van der Waals surface area (Å²) >= 11 is 0. The Morgan fingerprint density at radius 1 is 1.26 bits per heavy atom. The highest BCUT2D eigenvalue weighted by atomic mass is 32.2. The molecule has 0 aliphatic carbocycles. The summed E-state index contributed by atoms with van der Waals surface area (Å²) < 4.78 is 64.1. The Kier molecular flexibility index (Phi) is 6.01. The van der Waals surface area contributed by atoms with Gasteiger partial charge in [0.05, 0.1) is 0 Å². The third-order valence-electron chi connectivity index (χ3n) is 3.64. The third-order valence-corrected chi connectivity index (χ3v) is 4.62. The van der Waals surface area contributed by atoms with Crippen LogP contribution in [0.3, 0.4) is 0 Å². The Hall–Kier alpha value is -2.73. The topological polar surface area (TPSA) is 80.7 Å². The van der Waals surface area contributed by atoms with Crippen molar-refractivity contribution in [3.63, 3.8) is 0 Å². The van der Waals surface area contributed by atoms with Gasteiger partial charge in [-0.1, -0.05) is 19.1 Å². The molecule has 1 N–H and O–H groups in total. The summed E-state index contributed by atoms with van der Waals surface area (Å²) in [6, 6.07) is 11.5. The van der Waals surface area contributed by atoms with E-state index in [-0.39, 0.29) is 24.4 Å². The number of benzene rings is 1. The Morgan fingerprint density at radius 3 is 2.56 bits per heavy atom. The van der Waals surface area contributed by atoms with Crippen LogP contribution in [0.4, 0.5) is 13.2 Å². The first-order valence-electron chi connectivity index (χ1n) is 7.81. The van der Waals surface area contributed by atoms with E-state index in [1.54, 1.807) is 6.92 Å². The first kappa shape index (κ1) is 20.6. The van der Waals surface area contributed by atoms with Gasteiger partial charge < -0.3 is 9.29 Å². The molecule has 0 fully saturated rings. The second kappa shape index (κ2) is 7.88. The predicted molar refractivity (Wildman–Crippen MR) is 90.4 cm³/mol. The number of ketones is 1. The average Bonchev–Trinajstić information content (AvgIpc) is 2.58. The van der Waals surface area contributed by atoms with E-state index in [0.717, 1.165) is 12.1 Å². The molecule has 0 radical (unpaired) electrons. The van der Waals surface area contributed by atoms with Gasteiger partial charge in [-0.2, -0.15) is 21.6 Å². The molecule has 0 spiro atoms. The normalized spacial score (nSPS) is 11.7. The van der Waals surface area contributed by atoms with Gasteiger partial charge in [0.25, 0.3) is 0 Å². The second-order valence-corrected chi connectivity index (χ2v) is 7.13. The molecule has 9 heteroatoms. The molecule has 0 unspecified atom stereocenters. The Labute approximate surface area is 154 Å². The fraction of sp³-hybridized carbons (Fsp3) is 0.278. The number of aromatic hydroxyl groups is 1. The van der Waals surface area contributed by atoms with Crippen molar-refractivity contribution in [1.29, 1.82) is 0 Å². The Bertz CT molecular complexity index is 936. The van der Waals surface area contributed by atoms with E-state index in [0.29, 0.717) is 23.1 Å². The van der Waals surface area contributed by atoms with Crippen LogP contribution in [0.15, 0.2) is 30.3 Å². The molecule has 0 atom stereocenters. The molecule has 144 valence electrons. The minimum atomic E-state index is -5.81. The summed E-state index contributed by atoms with van der Waals surface area (Å²) in [5.41, 5.74) is -4.33. The smallest absolute Gasteiger partial charge is 0.507 e. The van der Waals surface area contributed by atoms with E-state index in [2.05, 4.69) is 16.3 Å². The minimum absolute atomic E-state index is 0.0679. The third kappa shape index (κ3) is 5.14. The van der Waals surface area contributed by atoms with Crippen molar-refractivity contribution in [2.75, 3.05) is 0 Å². The van der Waals surface area contributed by atoms with Crippen LogP contribution in [0.5, 0.6) is 11.5 Å². The number of rotatable bonds is 7. The van der Waals surface area contributed by atoms with Crippen molar-refractivity contribution in [2.45, 2.75) is 31.7 Å². The number of carbonyl (C=O) groups is 1. The van der Waals surface area contributed by atoms with Gasteiger partial charge in [-0.3, -0.25) is 4.79 Å². The van der Waals surface area contributed by atoms with E-state index < -0.39 is 21.4 Å². The number of halogens is 3. The van der Waals surface area contributed by atoms with Crippen molar-refractivity contribution in [3.8, 4) is 22.6 Å². The monoisotopic (exact) mass is 400 g/mol. The van der Waals surface area contributed by atoms with Crippen molar-refractivity contribution in [1.82, 2.24) is 0 Å².